The smallest absolute Gasteiger partial charge is 0.224 e. The minimum Gasteiger partial charge on any atom is -0.357 e. The van der Waals surface area contributed by atoms with Crippen molar-refractivity contribution in [2.24, 2.45) is 0 Å². The summed E-state index contributed by atoms with van der Waals surface area (Å²) in [4.78, 5) is 11.4. The van der Waals surface area contributed by atoms with Crippen LogP contribution in [-0.2, 0) is 0 Å². The fourth-order valence-corrected chi connectivity index (χ4v) is 2.81. The Morgan fingerprint density at radius 3 is 2.61 bits per heavy atom. The highest BCUT2D eigenvalue weighted by Gasteiger charge is 2.21. The number of aromatic nitrogens is 2. The molecule has 1 aliphatic carbocycles. The fourth-order valence-electron chi connectivity index (χ4n) is 2.81. The van der Waals surface area contributed by atoms with Crippen LogP contribution >= 0.6 is 0 Å². The zero-order valence-electron chi connectivity index (χ0n) is 11.7. The van der Waals surface area contributed by atoms with E-state index in [0.717, 1.165) is 24.0 Å². The summed E-state index contributed by atoms with van der Waals surface area (Å²) in [7, 11) is 1.87. The molecule has 4 nitrogen and oxygen atoms in total. The monoisotopic (exact) mass is 248 g/mol. The molecule has 0 unspecified atom stereocenters. The average molecular weight is 248 g/mol. The number of hydrogen-bond donors (Lipinski definition) is 1. The van der Waals surface area contributed by atoms with E-state index in [-0.39, 0.29) is 0 Å². The van der Waals surface area contributed by atoms with E-state index in [9.17, 15) is 0 Å². The Bertz CT molecular complexity index is 385. The standard InChI is InChI=1S/C14H24N4/c1-4-18(12-8-6-5-7-9-12)13-10-11(2)16-14(15-3)17-13/h10,12H,4-9H2,1-3H3,(H,15,16,17). The van der Waals surface area contributed by atoms with Crippen molar-refractivity contribution in [1.29, 1.82) is 0 Å². The van der Waals surface area contributed by atoms with Crippen LogP contribution in [0.4, 0.5) is 11.8 Å². The first kappa shape index (κ1) is 13.1. The van der Waals surface area contributed by atoms with Gasteiger partial charge in [0.1, 0.15) is 5.82 Å². The highest BCUT2D eigenvalue weighted by Crippen LogP contribution is 2.26. The van der Waals surface area contributed by atoms with Crippen molar-refractivity contribution in [2.45, 2.75) is 52.0 Å². The molecule has 1 aromatic heterocycles. The molecular weight excluding hydrogens is 224 g/mol. The van der Waals surface area contributed by atoms with Gasteiger partial charge in [-0.05, 0) is 26.7 Å². The predicted octanol–water partition coefficient (Wildman–Crippen LogP) is 2.99. The molecule has 0 spiro atoms. The van der Waals surface area contributed by atoms with Gasteiger partial charge in [-0.1, -0.05) is 19.3 Å². The minimum absolute atomic E-state index is 0.655. The molecule has 0 atom stereocenters. The molecule has 4 heteroatoms. The lowest BCUT2D eigenvalue weighted by Crippen LogP contribution is -2.37. The van der Waals surface area contributed by atoms with Crippen LogP contribution in [0, 0.1) is 6.92 Å². The van der Waals surface area contributed by atoms with Gasteiger partial charge < -0.3 is 10.2 Å². The zero-order valence-corrected chi connectivity index (χ0v) is 11.7. The Morgan fingerprint density at radius 2 is 2.00 bits per heavy atom. The van der Waals surface area contributed by atoms with Crippen molar-refractivity contribution in [1.82, 2.24) is 9.97 Å². The first-order valence-corrected chi connectivity index (χ1v) is 7.04. The Morgan fingerprint density at radius 1 is 1.28 bits per heavy atom. The van der Waals surface area contributed by atoms with Gasteiger partial charge in [0, 0.05) is 31.4 Å². The number of nitrogens with zero attached hydrogens (tertiary/aromatic N) is 3. The van der Waals surface area contributed by atoms with Crippen molar-refractivity contribution in [3.8, 4) is 0 Å². The second-order valence-corrected chi connectivity index (χ2v) is 5.02. The summed E-state index contributed by atoms with van der Waals surface area (Å²) in [6.07, 6.45) is 6.68. The van der Waals surface area contributed by atoms with Crippen LogP contribution in [0.15, 0.2) is 6.07 Å². The molecule has 1 aromatic rings. The molecule has 100 valence electrons. The van der Waals surface area contributed by atoms with Gasteiger partial charge in [-0.3, -0.25) is 0 Å². The quantitative estimate of drug-likeness (QED) is 0.889. The van der Waals surface area contributed by atoms with Crippen molar-refractivity contribution >= 4 is 11.8 Å². The van der Waals surface area contributed by atoms with E-state index in [1.165, 1.54) is 32.1 Å². The highest BCUT2D eigenvalue weighted by molar-refractivity contribution is 5.45. The SMILES string of the molecule is CCN(c1cc(C)nc(NC)n1)C1CCCCC1. The summed E-state index contributed by atoms with van der Waals surface area (Å²) >= 11 is 0. The maximum absolute atomic E-state index is 4.60. The molecule has 0 radical (unpaired) electrons. The van der Waals surface area contributed by atoms with Gasteiger partial charge in [0.25, 0.3) is 0 Å². The Kier molecular flexibility index (Phi) is 4.39. The molecule has 0 aliphatic heterocycles. The third kappa shape index (κ3) is 2.92. The summed E-state index contributed by atoms with van der Waals surface area (Å²) in [6.45, 7) is 5.26. The Labute approximate surface area is 110 Å². The van der Waals surface area contributed by atoms with Crippen LogP contribution in [0.25, 0.3) is 0 Å². The first-order chi connectivity index (χ1) is 8.74. The van der Waals surface area contributed by atoms with Crippen molar-refractivity contribution in [3.05, 3.63) is 11.8 Å². The summed E-state index contributed by atoms with van der Waals surface area (Å²) in [5, 5.41) is 3.04. The molecule has 2 rings (SSSR count). The summed E-state index contributed by atoms with van der Waals surface area (Å²) in [5.74, 6) is 1.79. The largest absolute Gasteiger partial charge is 0.357 e. The number of aryl methyl sites for hydroxylation is 1. The summed E-state index contributed by atoms with van der Waals surface area (Å²) in [5.41, 5.74) is 1.03. The van der Waals surface area contributed by atoms with Gasteiger partial charge in [-0.2, -0.15) is 4.98 Å². The van der Waals surface area contributed by atoms with Crippen LogP contribution < -0.4 is 10.2 Å². The number of rotatable bonds is 4. The van der Waals surface area contributed by atoms with Crippen molar-refractivity contribution in [2.75, 3.05) is 23.8 Å². The maximum Gasteiger partial charge on any atom is 0.224 e. The third-order valence-electron chi connectivity index (χ3n) is 3.71. The fraction of sp³-hybridized carbons (Fsp3) is 0.714. The van der Waals surface area contributed by atoms with E-state index in [2.05, 4.69) is 33.2 Å². The van der Waals surface area contributed by atoms with Gasteiger partial charge in [0.05, 0.1) is 0 Å². The van der Waals surface area contributed by atoms with E-state index < -0.39 is 0 Å². The first-order valence-electron chi connectivity index (χ1n) is 7.04. The van der Waals surface area contributed by atoms with Crippen LogP contribution in [0.5, 0.6) is 0 Å². The van der Waals surface area contributed by atoms with Gasteiger partial charge in [0.15, 0.2) is 0 Å². The van der Waals surface area contributed by atoms with Gasteiger partial charge in [-0.15, -0.1) is 0 Å². The molecule has 18 heavy (non-hydrogen) atoms. The second kappa shape index (κ2) is 6.03. The van der Waals surface area contributed by atoms with Crippen molar-refractivity contribution in [3.63, 3.8) is 0 Å². The molecule has 0 amide bonds. The van der Waals surface area contributed by atoms with E-state index in [1.54, 1.807) is 0 Å². The molecule has 0 saturated heterocycles. The lowest BCUT2D eigenvalue weighted by atomic mass is 9.94. The van der Waals surface area contributed by atoms with E-state index in [1.807, 2.05) is 14.0 Å². The minimum atomic E-state index is 0.655. The maximum atomic E-state index is 4.60. The van der Waals surface area contributed by atoms with Crippen molar-refractivity contribution < 1.29 is 0 Å². The molecule has 1 heterocycles. The summed E-state index contributed by atoms with van der Waals surface area (Å²) < 4.78 is 0. The molecule has 1 N–H and O–H groups in total. The average Bonchev–Trinajstić information content (AvgIpc) is 2.40. The Balaban J connectivity index is 2.22. The molecule has 1 fully saturated rings. The molecule has 1 aliphatic rings. The number of anilines is 2. The van der Waals surface area contributed by atoms with Gasteiger partial charge in [0.2, 0.25) is 5.95 Å². The molecule has 1 saturated carbocycles. The molecular formula is C14H24N4. The third-order valence-corrected chi connectivity index (χ3v) is 3.71. The second-order valence-electron chi connectivity index (χ2n) is 5.02. The molecule has 0 bridgehead atoms. The van der Waals surface area contributed by atoms with Crippen LogP contribution in [0.3, 0.4) is 0 Å². The zero-order chi connectivity index (χ0) is 13.0. The number of nitrogens with one attached hydrogen (secondary N) is 1. The van der Waals surface area contributed by atoms with Gasteiger partial charge in [-0.25, -0.2) is 4.98 Å². The predicted molar refractivity (Wildman–Crippen MR) is 76.2 cm³/mol. The van der Waals surface area contributed by atoms with Crippen LogP contribution in [-0.4, -0.2) is 29.6 Å². The van der Waals surface area contributed by atoms with Gasteiger partial charge >= 0.3 is 0 Å². The van der Waals surface area contributed by atoms with Crippen LogP contribution in [0.1, 0.15) is 44.7 Å². The summed E-state index contributed by atoms with van der Waals surface area (Å²) in [6, 6.07) is 2.75. The van der Waals surface area contributed by atoms with E-state index in [0.29, 0.717) is 6.04 Å². The Hall–Kier alpha value is -1.32. The topological polar surface area (TPSA) is 41.1 Å². The van der Waals surface area contributed by atoms with E-state index >= 15 is 0 Å². The van der Waals surface area contributed by atoms with E-state index in [4.69, 9.17) is 0 Å². The normalized spacial score (nSPS) is 16.6. The number of hydrogen-bond acceptors (Lipinski definition) is 4. The van der Waals surface area contributed by atoms with Crippen LogP contribution in [0.2, 0.25) is 0 Å². The lowest BCUT2D eigenvalue weighted by molar-refractivity contribution is 0.416. The lowest BCUT2D eigenvalue weighted by Gasteiger charge is -2.34. The molecule has 0 aromatic carbocycles. The highest BCUT2D eigenvalue weighted by atomic mass is 15.2.